The molecule has 0 unspecified atom stereocenters. The average Bonchev–Trinajstić information content (AvgIpc) is 2.31. The van der Waals surface area contributed by atoms with Gasteiger partial charge in [-0.3, -0.25) is 4.79 Å². The molecule has 0 saturated carbocycles. The Morgan fingerprint density at radius 3 is 2.94 bits per heavy atom. The summed E-state index contributed by atoms with van der Waals surface area (Å²) in [6.07, 6.45) is 2.38. The first-order valence-corrected chi connectivity index (χ1v) is 5.74. The van der Waals surface area contributed by atoms with Crippen LogP contribution in [0.25, 0.3) is 0 Å². The molecule has 1 N–H and O–H groups in total. The second kappa shape index (κ2) is 5.12. The van der Waals surface area contributed by atoms with Crippen molar-refractivity contribution >= 4 is 5.78 Å². The molecule has 0 amide bonds. The molecule has 2 rings (SSSR count). The maximum Gasteiger partial charge on any atom is 0.163 e. The third-order valence-corrected chi connectivity index (χ3v) is 2.81. The molecule has 0 aromatic heterocycles. The number of benzene rings is 1. The molecule has 1 aromatic rings. The smallest absolute Gasteiger partial charge is 0.163 e. The van der Waals surface area contributed by atoms with Gasteiger partial charge in [0, 0.05) is 6.54 Å². The Morgan fingerprint density at radius 1 is 1.44 bits per heavy atom. The van der Waals surface area contributed by atoms with E-state index in [1.165, 1.54) is 0 Å². The van der Waals surface area contributed by atoms with Crippen LogP contribution in [0.2, 0.25) is 0 Å². The summed E-state index contributed by atoms with van der Waals surface area (Å²) in [6.45, 7) is 3.50. The number of rotatable bonds is 3. The highest BCUT2D eigenvalue weighted by molar-refractivity contribution is 5.96. The van der Waals surface area contributed by atoms with Crippen molar-refractivity contribution in [3.63, 3.8) is 0 Å². The number of ketones is 1. The summed E-state index contributed by atoms with van der Waals surface area (Å²) in [5, 5.41) is 3.29. The molecule has 1 fully saturated rings. The van der Waals surface area contributed by atoms with Crippen LogP contribution in [-0.2, 0) is 0 Å². The van der Waals surface area contributed by atoms with Crippen molar-refractivity contribution in [3.8, 4) is 5.75 Å². The number of carbonyl (C=O) groups excluding carboxylic acids is 1. The minimum absolute atomic E-state index is 0.0550. The summed E-state index contributed by atoms with van der Waals surface area (Å²) < 4.78 is 5.86. The normalized spacial score (nSPS) is 20.4. The molecule has 1 aliphatic rings. The predicted octanol–water partition coefficient (Wildman–Crippen LogP) is 2.02. The Balaban J connectivity index is 2.10. The van der Waals surface area contributed by atoms with E-state index < -0.39 is 0 Å². The predicted molar refractivity (Wildman–Crippen MR) is 63.0 cm³/mol. The average molecular weight is 219 g/mol. The number of carbonyl (C=O) groups is 1. The van der Waals surface area contributed by atoms with Crippen LogP contribution in [0.3, 0.4) is 0 Å². The zero-order valence-electron chi connectivity index (χ0n) is 9.53. The molecule has 16 heavy (non-hydrogen) atoms. The van der Waals surface area contributed by atoms with Crippen LogP contribution >= 0.6 is 0 Å². The zero-order valence-corrected chi connectivity index (χ0v) is 9.53. The van der Waals surface area contributed by atoms with Gasteiger partial charge in [-0.1, -0.05) is 12.1 Å². The van der Waals surface area contributed by atoms with Gasteiger partial charge in [0.15, 0.2) is 5.78 Å². The standard InChI is InChI=1S/C13H17NO2/c1-10(15)12-6-2-3-7-13(12)16-11-5-4-8-14-9-11/h2-3,6-7,11,14H,4-5,8-9H2,1H3/t11-/m1/s1. The fourth-order valence-corrected chi connectivity index (χ4v) is 1.96. The summed E-state index contributed by atoms with van der Waals surface area (Å²) in [5.41, 5.74) is 0.674. The summed E-state index contributed by atoms with van der Waals surface area (Å²) in [6, 6.07) is 7.44. The summed E-state index contributed by atoms with van der Waals surface area (Å²) in [7, 11) is 0. The van der Waals surface area contributed by atoms with Crippen LogP contribution in [-0.4, -0.2) is 25.0 Å². The van der Waals surface area contributed by atoms with Crippen LogP contribution in [0.5, 0.6) is 5.75 Å². The van der Waals surface area contributed by atoms with Gasteiger partial charge in [-0.05, 0) is 38.4 Å². The van der Waals surface area contributed by atoms with Gasteiger partial charge in [0.25, 0.3) is 0 Å². The van der Waals surface area contributed by atoms with Crippen LogP contribution in [0.15, 0.2) is 24.3 Å². The van der Waals surface area contributed by atoms with Gasteiger partial charge in [0.05, 0.1) is 5.56 Å². The van der Waals surface area contributed by atoms with Crippen LogP contribution < -0.4 is 10.1 Å². The Labute approximate surface area is 95.8 Å². The van der Waals surface area contributed by atoms with E-state index in [1.807, 2.05) is 24.3 Å². The van der Waals surface area contributed by atoms with Gasteiger partial charge < -0.3 is 10.1 Å². The molecule has 3 heteroatoms. The molecule has 0 radical (unpaired) electrons. The number of nitrogens with one attached hydrogen (secondary N) is 1. The molecule has 86 valence electrons. The lowest BCUT2D eigenvalue weighted by atomic mass is 10.1. The number of para-hydroxylation sites is 1. The van der Waals surface area contributed by atoms with Crippen molar-refractivity contribution in [2.24, 2.45) is 0 Å². The van der Waals surface area contributed by atoms with Crippen molar-refractivity contribution < 1.29 is 9.53 Å². The molecule has 1 atom stereocenters. The zero-order chi connectivity index (χ0) is 11.4. The van der Waals surface area contributed by atoms with Gasteiger partial charge in [0.1, 0.15) is 11.9 Å². The first-order chi connectivity index (χ1) is 7.77. The maximum atomic E-state index is 11.4. The molecule has 0 aliphatic carbocycles. The Bertz CT molecular complexity index is 370. The van der Waals surface area contributed by atoms with E-state index in [2.05, 4.69) is 5.32 Å². The highest BCUT2D eigenvalue weighted by Gasteiger charge is 2.16. The van der Waals surface area contributed by atoms with Crippen molar-refractivity contribution in [2.75, 3.05) is 13.1 Å². The third kappa shape index (κ3) is 2.61. The van der Waals surface area contributed by atoms with Gasteiger partial charge in [-0.15, -0.1) is 0 Å². The fraction of sp³-hybridized carbons (Fsp3) is 0.462. The quantitative estimate of drug-likeness (QED) is 0.790. The van der Waals surface area contributed by atoms with Crippen LogP contribution in [0.1, 0.15) is 30.1 Å². The highest BCUT2D eigenvalue weighted by atomic mass is 16.5. The largest absolute Gasteiger partial charge is 0.488 e. The van der Waals surface area contributed by atoms with Gasteiger partial charge in [0.2, 0.25) is 0 Å². The third-order valence-electron chi connectivity index (χ3n) is 2.81. The number of hydrogen-bond donors (Lipinski definition) is 1. The summed E-state index contributed by atoms with van der Waals surface area (Å²) >= 11 is 0. The molecular weight excluding hydrogens is 202 g/mol. The minimum Gasteiger partial charge on any atom is -0.488 e. The molecule has 0 spiro atoms. The van der Waals surface area contributed by atoms with Crippen molar-refractivity contribution in [3.05, 3.63) is 29.8 Å². The summed E-state index contributed by atoms with van der Waals surface area (Å²) in [4.78, 5) is 11.4. The minimum atomic E-state index is 0.0550. The number of hydrogen-bond acceptors (Lipinski definition) is 3. The first-order valence-electron chi connectivity index (χ1n) is 5.74. The second-order valence-electron chi connectivity index (χ2n) is 4.14. The van der Waals surface area contributed by atoms with E-state index in [9.17, 15) is 4.79 Å². The molecule has 0 bridgehead atoms. The Hall–Kier alpha value is -1.35. The molecule has 1 aromatic carbocycles. The Kier molecular flexibility index (Phi) is 3.57. The molecule has 3 nitrogen and oxygen atoms in total. The van der Waals surface area contributed by atoms with Crippen molar-refractivity contribution in [1.82, 2.24) is 5.32 Å². The number of Topliss-reactive ketones (excluding diaryl/α,β-unsaturated/α-hetero) is 1. The van der Waals surface area contributed by atoms with Crippen molar-refractivity contribution in [2.45, 2.75) is 25.9 Å². The Morgan fingerprint density at radius 2 is 2.25 bits per heavy atom. The van der Waals surface area contributed by atoms with Gasteiger partial charge in [-0.2, -0.15) is 0 Å². The van der Waals surface area contributed by atoms with E-state index in [0.717, 1.165) is 25.9 Å². The van der Waals surface area contributed by atoms with Gasteiger partial charge in [-0.25, -0.2) is 0 Å². The lowest BCUT2D eigenvalue weighted by Gasteiger charge is -2.24. The molecule has 1 heterocycles. The van der Waals surface area contributed by atoms with E-state index >= 15 is 0 Å². The van der Waals surface area contributed by atoms with Crippen molar-refractivity contribution in [1.29, 1.82) is 0 Å². The second-order valence-corrected chi connectivity index (χ2v) is 4.14. The maximum absolute atomic E-state index is 11.4. The van der Waals surface area contributed by atoms with E-state index in [1.54, 1.807) is 6.92 Å². The monoisotopic (exact) mass is 219 g/mol. The van der Waals surface area contributed by atoms with E-state index in [-0.39, 0.29) is 11.9 Å². The fourth-order valence-electron chi connectivity index (χ4n) is 1.96. The highest BCUT2D eigenvalue weighted by Crippen LogP contribution is 2.21. The van der Waals surface area contributed by atoms with E-state index in [4.69, 9.17) is 4.74 Å². The van der Waals surface area contributed by atoms with Gasteiger partial charge >= 0.3 is 0 Å². The summed E-state index contributed by atoms with van der Waals surface area (Å²) in [5.74, 6) is 0.767. The van der Waals surface area contributed by atoms with Crippen LogP contribution in [0, 0.1) is 0 Å². The topological polar surface area (TPSA) is 38.3 Å². The lowest BCUT2D eigenvalue weighted by Crippen LogP contribution is -2.37. The molecule has 1 aliphatic heterocycles. The van der Waals surface area contributed by atoms with E-state index in [0.29, 0.717) is 11.3 Å². The number of piperidine rings is 1. The SMILES string of the molecule is CC(=O)c1ccccc1O[C@@H]1CCCNC1. The lowest BCUT2D eigenvalue weighted by molar-refractivity contribution is 0.100. The molecular formula is C13H17NO2. The first kappa shape index (κ1) is 11.1. The van der Waals surface area contributed by atoms with Crippen LogP contribution in [0.4, 0.5) is 0 Å². The number of ether oxygens (including phenoxy) is 1. The molecule has 1 saturated heterocycles.